The van der Waals surface area contributed by atoms with E-state index in [1.807, 2.05) is 0 Å². The van der Waals surface area contributed by atoms with Gasteiger partial charge in [0.1, 0.15) is 0 Å². The first-order valence-corrected chi connectivity index (χ1v) is 4.80. The lowest BCUT2D eigenvalue weighted by molar-refractivity contribution is 0.300. The van der Waals surface area contributed by atoms with Gasteiger partial charge < -0.3 is 10.2 Å². The van der Waals surface area contributed by atoms with Gasteiger partial charge in [0, 0.05) is 18.6 Å². The molecule has 0 bridgehead atoms. The molecule has 1 heterocycles. The van der Waals surface area contributed by atoms with Crippen molar-refractivity contribution >= 4 is 0 Å². The standard InChI is InChI=1S/C9H18N2/c1-11-6-2-3-9(11)7-10-8-4-5-8/h8-10H,2-7H2,1H3/t9-/m0/s1. The molecule has 1 saturated carbocycles. The minimum Gasteiger partial charge on any atom is -0.312 e. The molecule has 2 heteroatoms. The molecular weight excluding hydrogens is 136 g/mol. The van der Waals surface area contributed by atoms with Crippen molar-refractivity contribution < 1.29 is 0 Å². The summed E-state index contributed by atoms with van der Waals surface area (Å²) in [5.41, 5.74) is 0. The van der Waals surface area contributed by atoms with Crippen LogP contribution in [-0.2, 0) is 0 Å². The summed E-state index contributed by atoms with van der Waals surface area (Å²) >= 11 is 0. The summed E-state index contributed by atoms with van der Waals surface area (Å²) in [6.45, 7) is 2.53. The van der Waals surface area contributed by atoms with E-state index >= 15 is 0 Å². The molecule has 0 amide bonds. The third kappa shape index (κ3) is 1.94. The Morgan fingerprint density at radius 2 is 2.18 bits per heavy atom. The SMILES string of the molecule is CN1CCC[C@H]1CNC1CC1. The number of hydrogen-bond donors (Lipinski definition) is 1. The Hall–Kier alpha value is -0.0800. The molecule has 0 aromatic rings. The van der Waals surface area contributed by atoms with E-state index in [-0.39, 0.29) is 0 Å². The highest BCUT2D eigenvalue weighted by Crippen LogP contribution is 2.20. The molecular formula is C9H18N2. The van der Waals surface area contributed by atoms with E-state index in [0.717, 1.165) is 12.1 Å². The number of nitrogens with zero attached hydrogens (tertiary/aromatic N) is 1. The molecule has 64 valence electrons. The molecule has 1 saturated heterocycles. The van der Waals surface area contributed by atoms with Crippen molar-refractivity contribution in [1.82, 2.24) is 10.2 Å². The van der Waals surface area contributed by atoms with Crippen molar-refractivity contribution in [2.45, 2.75) is 37.8 Å². The lowest BCUT2D eigenvalue weighted by atomic mass is 10.2. The molecule has 2 fully saturated rings. The number of nitrogens with one attached hydrogen (secondary N) is 1. The molecule has 2 aliphatic rings. The average molecular weight is 154 g/mol. The van der Waals surface area contributed by atoms with E-state index < -0.39 is 0 Å². The fourth-order valence-electron chi connectivity index (χ4n) is 1.83. The smallest absolute Gasteiger partial charge is 0.0218 e. The van der Waals surface area contributed by atoms with Gasteiger partial charge in [-0.05, 0) is 39.3 Å². The van der Waals surface area contributed by atoms with Gasteiger partial charge in [0.05, 0.1) is 0 Å². The van der Waals surface area contributed by atoms with Crippen LogP contribution in [0.4, 0.5) is 0 Å². The zero-order valence-electron chi connectivity index (χ0n) is 7.34. The lowest BCUT2D eigenvalue weighted by Gasteiger charge is -2.19. The van der Waals surface area contributed by atoms with Crippen LogP contribution >= 0.6 is 0 Å². The second-order valence-corrected chi connectivity index (χ2v) is 3.96. The minimum absolute atomic E-state index is 0.829. The first-order chi connectivity index (χ1) is 5.36. The van der Waals surface area contributed by atoms with Crippen LogP contribution in [-0.4, -0.2) is 37.1 Å². The highest BCUT2D eigenvalue weighted by atomic mass is 15.2. The fraction of sp³-hybridized carbons (Fsp3) is 1.00. The molecule has 1 atom stereocenters. The lowest BCUT2D eigenvalue weighted by Crippen LogP contribution is -2.36. The van der Waals surface area contributed by atoms with Crippen LogP contribution in [0.3, 0.4) is 0 Å². The van der Waals surface area contributed by atoms with E-state index in [4.69, 9.17) is 0 Å². The van der Waals surface area contributed by atoms with Gasteiger partial charge in [0.2, 0.25) is 0 Å². The summed E-state index contributed by atoms with van der Waals surface area (Å²) in [6, 6.07) is 1.71. The van der Waals surface area contributed by atoms with E-state index in [1.54, 1.807) is 0 Å². The monoisotopic (exact) mass is 154 g/mol. The van der Waals surface area contributed by atoms with Gasteiger partial charge in [-0.2, -0.15) is 0 Å². The quantitative estimate of drug-likeness (QED) is 0.648. The van der Waals surface area contributed by atoms with Gasteiger partial charge >= 0.3 is 0 Å². The van der Waals surface area contributed by atoms with Crippen molar-refractivity contribution in [2.24, 2.45) is 0 Å². The summed E-state index contributed by atoms with van der Waals surface area (Å²) in [5, 5.41) is 3.59. The van der Waals surface area contributed by atoms with Crippen LogP contribution in [0.5, 0.6) is 0 Å². The minimum atomic E-state index is 0.829. The normalized spacial score (nSPS) is 33.0. The van der Waals surface area contributed by atoms with Crippen molar-refractivity contribution in [3.8, 4) is 0 Å². The van der Waals surface area contributed by atoms with Crippen molar-refractivity contribution in [3.63, 3.8) is 0 Å². The van der Waals surface area contributed by atoms with Gasteiger partial charge in [-0.25, -0.2) is 0 Å². The molecule has 0 aromatic heterocycles. The van der Waals surface area contributed by atoms with E-state index in [2.05, 4.69) is 17.3 Å². The second-order valence-electron chi connectivity index (χ2n) is 3.96. The second kappa shape index (κ2) is 3.11. The maximum atomic E-state index is 3.59. The molecule has 1 aliphatic heterocycles. The molecule has 0 radical (unpaired) electrons. The summed E-state index contributed by atoms with van der Waals surface area (Å²) in [5.74, 6) is 0. The van der Waals surface area contributed by atoms with Crippen LogP contribution in [0.1, 0.15) is 25.7 Å². The Bertz CT molecular complexity index is 132. The maximum absolute atomic E-state index is 3.59. The Labute approximate surface area is 69.0 Å². The number of hydrogen-bond acceptors (Lipinski definition) is 2. The van der Waals surface area contributed by atoms with Gasteiger partial charge in [-0.15, -0.1) is 0 Å². The predicted octanol–water partition coefficient (Wildman–Crippen LogP) is 0.833. The van der Waals surface area contributed by atoms with E-state index in [0.29, 0.717) is 0 Å². The number of likely N-dealkylation sites (tertiary alicyclic amines) is 1. The van der Waals surface area contributed by atoms with Crippen molar-refractivity contribution in [1.29, 1.82) is 0 Å². The van der Waals surface area contributed by atoms with Crippen LogP contribution in [0, 0.1) is 0 Å². The topological polar surface area (TPSA) is 15.3 Å². The summed E-state index contributed by atoms with van der Waals surface area (Å²) in [7, 11) is 2.24. The fourth-order valence-corrected chi connectivity index (χ4v) is 1.83. The third-order valence-corrected chi connectivity index (χ3v) is 2.89. The molecule has 0 spiro atoms. The molecule has 2 nitrogen and oxygen atoms in total. The van der Waals surface area contributed by atoms with Gasteiger partial charge in [-0.1, -0.05) is 0 Å². The largest absolute Gasteiger partial charge is 0.312 e. The molecule has 11 heavy (non-hydrogen) atoms. The first kappa shape index (κ1) is 7.56. The Kier molecular flexibility index (Phi) is 2.14. The molecule has 1 N–H and O–H groups in total. The molecule has 1 aliphatic carbocycles. The Morgan fingerprint density at radius 3 is 2.73 bits per heavy atom. The van der Waals surface area contributed by atoms with Crippen LogP contribution in [0.15, 0.2) is 0 Å². The van der Waals surface area contributed by atoms with E-state index in [9.17, 15) is 0 Å². The summed E-state index contributed by atoms with van der Waals surface area (Å²) < 4.78 is 0. The third-order valence-electron chi connectivity index (χ3n) is 2.89. The van der Waals surface area contributed by atoms with Gasteiger partial charge in [0.15, 0.2) is 0 Å². The molecule has 0 unspecified atom stereocenters. The maximum Gasteiger partial charge on any atom is 0.0218 e. The zero-order valence-corrected chi connectivity index (χ0v) is 7.34. The highest BCUT2D eigenvalue weighted by molar-refractivity contribution is 4.85. The summed E-state index contributed by atoms with van der Waals surface area (Å²) in [4.78, 5) is 2.48. The highest BCUT2D eigenvalue weighted by Gasteiger charge is 2.25. The van der Waals surface area contributed by atoms with Crippen LogP contribution < -0.4 is 5.32 Å². The van der Waals surface area contributed by atoms with Gasteiger partial charge in [0.25, 0.3) is 0 Å². The molecule has 2 rings (SSSR count). The van der Waals surface area contributed by atoms with Crippen molar-refractivity contribution in [2.75, 3.05) is 20.1 Å². The summed E-state index contributed by atoms with van der Waals surface area (Å²) in [6.07, 6.45) is 5.62. The zero-order chi connectivity index (χ0) is 7.68. The number of rotatable bonds is 3. The Morgan fingerprint density at radius 1 is 1.36 bits per heavy atom. The van der Waals surface area contributed by atoms with Crippen molar-refractivity contribution in [3.05, 3.63) is 0 Å². The Balaban J connectivity index is 1.67. The van der Waals surface area contributed by atoms with E-state index in [1.165, 1.54) is 38.8 Å². The van der Waals surface area contributed by atoms with Crippen LogP contribution in [0.2, 0.25) is 0 Å². The molecule has 0 aromatic carbocycles. The first-order valence-electron chi connectivity index (χ1n) is 4.80. The van der Waals surface area contributed by atoms with Gasteiger partial charge in [-0.3, -0.25) is 0 Å². The number of likely N-dealkylation sites (N-methyl/N-ethyl adjacent to an activating group) is 1. The average Bonchev–Trinajstić information content (AvgIpc) is 2.73. The van der Waals surface area contributed by atoms with Crippen LogP contribution in [0.25, 0.3) is 0 Å². The predicted molar refractivity (Wildman–Crippen MR) is 46.7 cm³/mol.